The smallest absolute Gasteiger partial charge is 0.0241 e. The number of rotatable bonds is 1. The third kappa shape index (κ3) is 1.40. The highest BCUT2D eigenvalue weighted by molar-refractivity contribution is 5.05. The van der Waals surface area contributed by atoms with Crippen molar-refractivity contribution in [2.45, 2.75) is 66.7 Å². The lowest BCUT2D eigenvalue weighted by Crippen LogP contribution is -2.46. The Kier molecular flexibility index (Phi) is 2.68. The Balaban J connectivity index is 2.34. The van der Waals surface area contributed by atoms with Crippen LogP contribution in [0.25, 0.3) is 0 Å². The second-order valence-corrected chi connectivity index (χ2v) is 6.88. The maximum absolute atomic E-state index is 2.53. The molecule has 0 aromatic heterocycles. The first-order valence-electron chi connectivity index (χ1n) is 6.95. The molecule has 2 aliphatic rings. The van der Waals surface area contributed by atoms with Crippen LogP contribution >= 0.6 is 0 Å². The molecule has 0 amide bonds. The maximum atomic E-state index is 2.53. The topological polar surface area (TPSA) is 0 Å². The fourth-order valence-corrected chi connectivity index (χ4v) is 4.84. The van der Waals surface area contributed by atoms with E-state index in [1.165, 1.54) is 32.1 Å². The summed E-state index contributed by atoms with van der Waals surface area (Å²) in [5.74, 6) is 2.89. The lowest BCUT2D eigenvalue weighted by molar-refractivity contribution is -0.0482. The van der Waals surface area contributed by atoms with E-state index in [1.807, 2.05) is 0 Å². The van der Waals surface area contributed by atoms with Crippen molar-refractivity contribution in [3.05, 3.63) is 0 Å². The highest BCUT2D eigenvalue weighted by atomic mass is 14.6. The molecule has 2 rings (SSSR count). The first-order valence-corrected chi connectivity index (χ1v) is 6.95. The number of hydrogen-bond donors (Lipinski definition) is 0. The Labute approximate surface area is 95.8 Å². The molecule has 0 saturated heterocycles. The molecule has 0 heteroatoms. The quantitative estimate of drug-likeness (QED) is 0.576. The van der Waals surface area contributed by atoms with Gasteiger partial charge in [-0.1, -0.05) is 34.6 Å². The van der Waals surface area contributed by atoms with E-state index in [9.17, 15) is 0 Å². The molecular formula is C15H28. The van der Waals surface area contributed by atoms with Crippen molar-refractivity contribution in [2.24, 2.45) is 28.6 Å². The van der Waals surface area contributed by atoms with Gasteiger partial charge in [0.05, 0.1) is 0 Å². The van der Waals surface area contributed by atoms with E-state index >= 15 is 0 Å². The molecule has 0 radical (unpaired) electrons. The van der Waals surface area contributed by atoms with Gasteiger partial charge in [0.25, 0.3) is 0 Å². The van der Waals surface area contributed by atoms with Crippen molar-refractivity contribution in [2.75, 3.05) is 0 Å². The summed E-state index contributed by atoms with van der Waals surface area (Å²) in [5.41, 5.74) is 1.29. The van der Waals surface area contributed by atoms with Crippen molar-refractivity contribution >= 4 is 0 Å². The predicted molar refractivity (Wildman–Crippen MR) is 66.8 cm³/mol. The number of hydrogen-bond acceptors (Lipinski definition) is 0. The predicted octanol–water partition coefficient (Wildman–Crippen LogP) is 4.89. The zero-order chi connectivity index (χ0) is 11.3. The van der Waals surface area contributed by atoms with Crippen LogP contribution in [0.5, 0.6) is 0 Å². The monoisotopic (exact) mass is 208 g/mol. The molecule has 88 valence electrons. The van der Waals surface area contributed by atoms with Gasteiger partial charge in [-0.15, -0.1) is 0 Å². The van der Waals surface area contributed by atoms with Gasteiger partial charge in [0.1, 0.15) is 0 Å². The molecule has 15 heavy (non-hydrogen) atoms. The van der Waals surface area contributed by atoms with E-state index in [0.29, 0.717) is 10.8 Å². The van der Waals surface area contributed by atoms with Crippen molar-refractivity contribution in [3.63, 3.8) is 0 Å². The Morgan fingerprint density at radius 3 is 2.27 bits per heavy atom. The molecule has 4 atom stereocenters. The standard InChI is InChI=1S/C15H28/c1-6-15-10-9-11(2)14(4,5)13(15)8-7-12(15)3/h11-13H,6-10H2,1-5H3. The molecule has 0 aromatic rings. The summed E-state index contributed by atoms with van der Waals surface area (Å²) in [7, 11) is 0. The first kappa shape index (κ1) is 11.5. The van der Waals surface area contributed by atoms with E-state index in [4.69, 9.17) is 0 Å². The molecule has 0 heterocycles. The van der Waals surface area contributed by atoms with E-state index in [0.717, 1.165) is 17.8 Å². The summed E-state index contributed by atoms with van der Waals surface area (Å²) < 4.78 is 0. The second-order valence-electron chi connectivity index (χ2n) is 6.88. The highest BCUT2D eigenvalue weighted by Crippen LogP contribution is 2.64. The third-order valence-electron chi connectivity index (χ3n) is 6.43. The largest absolute Gasteiger partial charge is 0.0648 e. The van der Waals surface area contributed by atoms with E-state index in [1.54, 1.807) is 0 Å². The molecule has 0 aromatic carbocycles. The molecule has 0 nitrogen and oxygen atoms in total. The van der Waals surface area contributed by atoms with E-state index in [-0.39, 0.29) is 0 Å². The second kappa shape index (κ2) is 3.50. The lowest BCUT2D eigenvalue weighted by atomic mass is 9.51. The minimum atomic E-state index is 0.582. The summed E-state index contributed by atoms with van der Waals surface area (Å²) in [6.45, 7) is 12.5. The summed E-state index contributed by atoms with van der Waals surface area (Å²) in [5, 5.41) is 0. The molecule has 2 aliphatic carbocycles. The van der Waals surface area contributed by atoms with Gasteiger partial charge in [-0.3, -0.25) is 0 Å². The molecule has 2 fully saturated rings. The van der Waals surface area contributed by atoms with Gasteiger partial charge in [0.2, 0.25) is 0 Å². The van der Waals surface area contributed by atoms with Gasteiger partial charge in [-0.25, -0.2) is 0 Å². The fourth-order valence-electron chi connectivity index (χ4n) is 4.84. The van der Waals surface area contributed by atoms with Crippen LogP contribution in [0.1, 0.15) is 66.7 Å². The van der Waals surface area contributed by atoms with Crippen LogP contribution in [0.3, 0.4) is 0 Å². The van der Waals surface area contributed by atoms with Crippen LogP contribution in [0.15, 0.2) is 0 Å². The molecule has 0 bridgehead atoms. The zero-order valence-electron chi connectivity index (χ0n) is 11.3. The summed E-state index contributed by atoms with van der Waals surface area (Å²) in [6, 6.07) is 0. The third-order valence-corrected chi connectivity index (χ3v) is 6.43. The van der Waals surface area contributed by atoms with Crippen molar-refractivity contribution in [3.8, 4) is 0 Å². The minimum absolute atomic E-state index is 0.582. The van der Waals surface area contributed by atoms with Gasteiger partial charge in [-0.05, 0) is 60.7 Å². The highest BCUT2D eigenvalue weighted by Gasteiger charge is 2.56. The average Bonchev–Trinajstić information content (AvgIpc) is 2.52. The van der Waals surface area contributed by atoms with Gasteiger partial charge in [-0.2, -0.15) is 0 Å². The van der Waals surface area contributed by atoms with Crippen LogP contribution in [0, 0.1) is 28.6 Å². The van der Waals surface area contributed by atoms with Crippen LogP contribution in [0.2, 0.25) is 0 Å². The normalized spacial score (nSPS) is 49.0. The van der Waals surface area contributed by atoms with E-state index < -0.39 is 0 Å². The van der Waals surface area contributed by atoms with Gasteiger partial charge in [0, 0.05) is 0 Å². The average molecular weight is 208 g/mol. The van der Waals surface area contributed by atoms with Gasteiger partial charge < -0.3 is 0 Å². The summed E-state index contributed by atoms with van der Waals surface area (Å²) in [6.07, 6.45) is 7.34. The van der Waals surface area contributed by atoms with Crippen molar-refractivity contribution in [1.29, 1.82) is 0 Å². The van der Waals surface area contributed by atoms with Crippen LogP contribution < -0.4 is 0 Å². The Morgan fingerprint density at radius 2 is 1.67 bits per heavy atom. The van der Waals surface area contributed by atoms with Crippen LogP contribution in [-0.4, -0.2) is 0 Å². The molecule has 0 aliphatic heterocycles. The fraction of sp³-hybridized carbons (Fsp3) is 1.00. The zero-order valence-corrected chi connectivity index (χ0v) is 11.3. The molecule has 2 saturated carbocycles. The van der Waals surface area contributed by atoms with Crippen molar-refractivity contribution < 1.29 is 0 Å². The Bertz CT molecular complexity index is 240. The molecule has 4 unspecified atom stereocenters. The molecular weight excluding hydrogens is 180 g/mol. The summed E-state index contributed by atoms with van der Waals surface area (Å²) in [4.78, 5) is 0. The molecule has 0 N–H and O–H groups in total. The Morgan fingerprint density at radius 1 is 1.00 bits per heavy atom. The maximum Gasteiger partial charge on any atom is -0.0241 e. The van der Waals surface area contributed by atoms with Gasteiger partial charge >= 0.3 is 0 Å². The van der Waals surface area contributed by atoms with Gasteiger partial charge in [0.15, 0.2) is 0 Å². The SMILES string of the molecule is CCC12CCC(C)C(C)(C)C1CCC2C. The van der Waals surface area contributed by atoms with E-state index in [2.05, 4.69) is 34.6 Å². The molecule has 0 spiro atoms. The lowest BCUT2D eigenvalue weighted by Gasteiger charge is -2.54. The van der Waals surface area contributed by atoms with Crippen LogP contribution in [0.4, 0.5) is 0 Å². The van der Waals surface area contributed by atoms with Crippen molar-refractivity contribution in [1.82, 2.24) is 0 Å². The number of fused-ring (bicyclic) bond motifs is 1. The van der Waals surface area contributed by atoms with Crippen LogP contribution in [-0.2, 0) is 0 Å². The summed E-state index contributed by atoms with van der Waals surface area (Å²) >= 11 is 0. The Hall–Kier alpha value is 0. The first-order chi connectivity index (χ1) is 6.95. The minimum Gasteiger partial charge on any atom is -0.0648 e.